The van der Waals surface area contributed by atoms with Crippen LogP contribution in [0.5, 0.6) is 0 Å². The quantitative estimate of drug-likeness (QED) is 0.585. The molecule has 1 aromatic carbocycles. The molecule has 0 aliphatic heterocycles. The fourth-order valence-electron chi connectivity index (χ4n) is 3.24. The molecule has 1 aliphatic rings. The second-order valence-corrected chi connectivity index (χ2v) is 8.41. The molecule has 2 N–H and O–H groups in total. The Morgan fingerprint density at radius 3 is 2.54 bits per heavy atom. The van der Waals surface area contributed by atoms with Crippen LogP contribution in [-0.4, -0.2) is 33.2 Å². The van der Waals surface area contributed by atoms with Crippen molar-refractivity contribution in [2.45, 2.75) is 62.4 Å². The van der Waals surface area contributed by atoms with Crippen LogP contribution in [0.2, 0.25) is 0 Å². The topological polar surface area (TPSA) is 84.0 Å². The summed E-state index contributed by atoms with van der Waals surface area (Å²) >= 11 is 1.25. The molecule has 28 heavy (non-hydrogen) atoms. The number of nitrogens with zero attached hydrogens (tertiary/aromatic N) is 2. The molecule has 7 heteroatoms. The Labute approximate surface area is 169 Å². The van der Waals surface area contributed by atoms with Gasteiger partial charge in [-0.15, -0.1) is 0 Å². The lowest BCUT2D eigenvalue weighted by molar-refractivity contribution is -0.119. The molecule has 0 radical (unpaired) electrons. The number of hydrogen-bond acceptors (Lipinski definition) is 5. The average molecular weight is 399 g/mol. The van der Waals surface area contributed by atoms with Crippen molar-refractivity contribution >= 4 is 23.7 Å². The minimum Gasteiger partial charge on any atom is -0.335 e. The molecule has 0 bridgehead atoms. The second kappa shape index (κ2) is 9.68. The van der Waals surface area contributed by atoms with Gasteiger partial charge in [0.25, 0.3) is 0 Å². The predicted molar refractivity (Wildman–Crippen MR) is 111 cm³/mol. The van der Waals surface area contributed by atoms with Crippen molar-refractivity contribution in [1.29, 1.82) is 0 Å². The third kappa shape index (κ3) is 5.79. The fraction of sp³-hybridized carbons (Fsp3) is 0.429. The maximum Gasteiger partial charge on any atom is 0.321 e. The van der Waals surface area contributed by atoms with Gasteiger partial charge >= 0.3 is 6.03 Å². The Hall–Kier alpha value is -2.41. The third-order valence-electron chi connectivity index (χ3n) is 4.73. The zero-order valence-corrected chi connectivity index (χ0v) is 17.1. The Morgan fingerprint density at radius 1 is 1.11 bits per heavy atom. The zero-order valence-electron chi connectivity index (χ0n) is 16.3. The predicted octanol–water partition coefficient (Wildman–Crippen LogP) is 4.09. The molecule has 1 atom stereocenters. The summed E-state index contributed by atoms with van der Waals surface area (Å²) in [6.07, 6.45) is 5.42. The van der Waals surface area contributed by atoms with Crippen LogP contribution >= 0.6 is 11.8 Å². The third-order valence-corrected chi connectivity index (χ3v) is 5.69. The lowest BCUT2D eigenvalue weighted by Gasteiger charge is -2.23. The highest BCUT2D eigenvalue weighted by Gasteiger charge is 2.21. The van der Waals surface area contributed by atoms with E-state index in [9.17, 15) is 9.59 Å². The van der Waals surface area contributed by atoms with Gasteiger partial charge in [0, 0.05) is 17.3 Å². The van der Waals surface area contributed by atoms with E-state index >= 15 is 0 Å². The van der Waals surface area contributed by atoms with E-state index in [1.807, 2.05) is 43.3 Å². The highest BCUT2D eigenvalue weighted by molar-refractivity contribution is 8.00. The molecule has 0 saturated heterocycles. The molecule has 148 valence electrons. The highest BCUT2D eigenvalue weighted by Crippen LogP contribution is 2.24. The second-order valence-electron chi connectivity index (χ2n) is 7.10. The summed E-state index contributed by atoms with van der Waals surface area (Å²) < 4.78 is 0. The monoisotopic (exact) mass is 398 g/mol. The van der Waals surface area contributed by atoms with Crippen LogP contribution in [-0.2, 0) is 4.79 Å². The number of urea groups is 1. The highest BCUT2D eigenvalue weighted by atomic mass is 32.2. The number of aryl methyl sites for hydroxylation is 1. The average Bonchev–Trinajstić information content (AvgIpc) is 2.69. The number of amides is 3. The minimum atomic E-state index is -0.484. The van der Waals surface area contributed by atoms with Gasteiger partial charge in [-0.1, -0.05) is 61.4 Å². The molecule has 1 saturated carbocycles. The van der Waals surface area contributed by atoms with Crippen LogP contribution < -0.4 is 10.6 Å². The van der Waals surface area contributed by atoms with Gasteiger partial charge in [-0.3, -0.25) is 10.1 Å². The lowest BCUT2D eigenvalue weighted by atomic mass is 9.96. The molecule has 0 spiro atoms. The standard InChI is InChI=1S/C21H26N4O2S/c1-14-13-18(16-9-5-3-6-10-16)24-21(22-14)28-15(2)19(26)25-20(27)23-17-11-7-4-8-12-17/h3,5-6,9-10,13,15,17H,4,7-8,11-12H2,1-2H3,(H2,23,25,26,27)/t15-/m0/s1. The molecule has 1 fully saturated rings. The van der Waals surface area contributed by atoms with Crippen molar-refractivity contribution in [3.63, 3.8) is 0 Å². The molecule has 6 nitrogen and oxygen atoms in total. The van der Waals surface area contributed by atoms with Crippen LogP contribution in [0.25, 0.3) is 11.3 Å². The van der Waals surface area contributed by atoms with Gasteiger partial charge in [-0.2, -0.15) is 0 Å². The van der Waals surface area contributed by atoms with E-state index in [2.05, 4.69) is 20.6 Å². The van der Waals surface area contributed by atoms with E-state index in [1.165, 1.54) is 18.2 Å². The molecule has 1 aromatic heterocycles. The molecule has 0 unspecified atom stereocenters. The Kier molecular flexibility index (Phi) is 7.03. The van der Waals surface area contributed by atoms with E-state index in [4.69, 9.17) is 0 Å². The van der Waals surface area contributed by atoms with Gasteiger partial charge < -0.3 is 5.32 Å². The van der Waals surface area contributed by atoms with Crippen molar-refractivity contribution < 1.29 is 9.59 Å². The van der Waals surface area contributed by atoms with Crippen molar-refractivity contribution in [1.82, 2.24) is 20.6 Å². The lowest BCUT2D eigenvalue weighted by Crippen LogP contribution is -2.47. The van der Waals surface area contributed by atoms with Gasteiger partial charge in [-0.05, 0) is 32.8 Å². The number of rotatable bonds is 5. The van der Waals surface area contributed by atoms with E-state index in [-0.39, 0.29) is 11.9 Å². The summed E-state index contributed by atoms with van der Waals surface area (Å²) in [5.74, 6) is -0.343. The summed E-state index contributed by atoms with van der Waals surface area (Å²) in [6, 6.07) is 11.5. The Morgan fingerprint density at radius 2 is 1.82 bits per heavy atom. The van der Waals surface area contributed by atoms with Gasteiger partial charge in [-0.25, -0.2) is 14.8 Å². The first-order chi connectivity index (χ1) is 13.5. The molecule has 1 heterocycles. The summed E-state index contributed by atoms with van der Waals surface area (Å²) in [6.45, 7) is 3.66. The van der Waals surface area contributed by atoms with E-state index in [0.29, 0.717) is 5.16 Å². The van der Waals surface area contributed by atoms with Crippen LogP contribution in [0.15, 0.2) is 41.6 Å². The van der Waals surface area contributed by atoms with Crippen molar-refractivity contribution in [2.24, 2.45) is 0 Å². The van der Waals surface area contributed by atoms with E-state index in [1.54, 1.807) is 6.92 Å². The first-order valence-corrected chi connectivity index (χ1v) is 10.6. The molecular weight excluding hydrogens is 372 g/mol. The van der Waals surface area contributed by atoms with Crippen molar-refractivity contribution in [2.75, 3.05) is 0 Å². The van der Waals surface area contributed by atoms with Gasteiger partial charge in [0.1, 0.15) is 0 Å². The van der Waals surface area contributed by atoms with Crippen molar-refractivity contribution in [3.8, 4) is 11.3 Å². The molecular formula is C21H26N4O2S. The molecule has 2 aromatic rings. The Bertz CT molecular complexity index is 822. The maximum atomic E-state index is 12.4. The van der Waals surface area contributed by atoms with E-state index < -0.39 is 11.3 Å². The summed E-state index contributed by atoms with van der Waals surface area (Å²) in [5.41, 5.74) is 2.65. The fourth-order valence-corrected chi connectivity index (χ4v) is 4.07. The first-order valence-electron chi connectivity index (χ1n) is 9.70. The van der Waals surface area contributed by atoms with Crippen LogP contribution in [0, 0.1) is 6.92 Å². The number of carbonyl (C=O) groups is 2. The normalized spacial score (nSPS) is 15.6. The smallest absolute Gasteiger partial charge is 0.321 e. The summed E-state index contributed by atoms with van der Waals surface area (Å²) in [4.78, 5) is 33.5. The van der Waals surface area contributed by atoms with Gasteiger partial charge in [0.15, 0.2) is 5.16 Å². The number of imide groups is 1. The number of benzene rings is 1. The van der Waals surface area contributed by atoms with Crippen molar-refractivity contribution in [3.05, 3.63) is 42.1 Å². The summed E-state index contributed by atoms with van der Waals surface area (Å²) in [5, 5.41) is 5.38. The first kappa shape index (κ1) is 20.3. The Balaban J connectivity index is 1.59. The number of hydrogen-bond donors (Lipinski definition) is 2. The van der Waals surface area contributed by atoms with Crippen LogP contribution in [0.1, 0.15) is 44.7 Å². The van der Waals surface area contributed by atoms with Gasteiger partial charge in [0.2, 0.25) is 5.91 Å². The minimum absolute atomic E-state index is 0.165. The molecule has 1 aliphatic carbocycles. The number of aromatic nitrogens is 2. The molecule has 3 rings (SSSR count). The number of carbonyl (C=O) groups excluding carboxylic acids is 2. The van der Waals surface area contributed by atoms with Crippen LogP contribution in [0.3, 0.4) is 0 Å². The number of nitrogens with one attached hydrogen (secondary N) is 2. The summed E-state index contributed by atoms with van der Waals surface area (Å²) in [7, 11) is 0. The number of thioether (sulfide) groups is 1. The van der Waals surface area contributed by atoms with Crippen LogP contribution in [0.4, 0.5) is 4.79 Å². The molecule has 3 amide bonds. The van der Waals surface area contributed by atoms with E-state index in [0.717, 1.165) is 42.6 Å². The SMILES string of the molecule is Cc1cc(-c2ccccc2)nc(S[C@@H](C)C(=O)NC(=O)NC2CCCCC2)n1. The maximum absolute atomic E-state index is 12.4. The van der Waals surface area contributed by atoms with Gasteiger partial charge in [0.05, 0.1) is 10.9 Å². The zero-order chi connectivity index (χ0) is 19.9. The largest absolute Gasteiger partial charge is 0.335 e.